The fourth-order valence-electron chi connectivity index (χ4n) is 3.87. The van der Waals surface area contributed by atoms with Gasteiger partial charge in [0.15, 0.2) is 11.6 Å². The van der Waals surface area contributed by atoms with Crippen LogP contribution in [0.15, 0.2) is 48.9 Å². The maximum atomic E-state index is 13.5. The molecule has 1 aliphatic heterocycles. The molecule has 2 unspecified atom stereocenters. The number of nitrogens with zero attached hydrogens (tertiary/aromatic N) is 6. The number of hydrogen-bond donors (Lipinski definition) is 1. The Morgan fingerprint density at radius 2 is 1.97 bits per heavy atom. The van der Waals surface area contributed by atoms with Gasteiger partial charge >= 0.3 is 0 Å². The van der Waals surface area contributed by atoms with Crippen molar-refractivity contribution in [1.29, 1.82) is 5.26 Å². The van der Waals surface area contributed by atoms with Gasteiger partial charge in [-0.1, -0.05) is 12.1 Å². The Balaban J connectivity index is 1.57. The summed E-state index contributed by atoms with van der Waals surface area (Å²) in [6.45, 7) is 2.56. The van der Waals surface area contributed by atoms with Crippen LogP contribution in [0.4, 0.5) is 5.82 Å². The summed E-state index contributed by atoms with van der Waals surface area (Å²) >= 11 is 0. The number of hydrogen-bond acceptors (Lipinski definition) is 7. The van der Waals surface area contributed by atoms with Gasteiger partial charge in [0.05, 0.1) is 36.3 Å². The highest BCUT2D eigenvalue weighted by molar-refractivity contribution is 5.98. The highest BCUT2D eigenvalue weighted by Gasteiger charge is 2.31. The number of aromatic nitrogens is 4. The number of benzene rings is 1. The summed E-state index contributed by atoms with van der Waals surface area (Å²) in [7, 11) is 1.52. The molecule has 0 saturated carbocycles. The van der Waals surface area contributed by atoms with E-state index in [0.717, 1.165) is 12.8 Å². The predicted molar refractivity (Wildman–Crippen MR) is 114 cm³/mol. The fourth-order valence-corrected chi connectivity index (χ4v) is 3.87. The van der Waals surface area contributed by atoms with Crippen LogP contribution in [0.3, 0.4) is 0 Å². The maximum absolute atomic E-state index is 13.5. The number of ether oxygens (including phenoxy) is 1. The lowest BCUT2D eigenvalue weighted by molar-refractivity contribution is 0.0621. The first-order chi connectivity index (χ1) is 15.1. The van der Waals surface area contributed by atoms with Crippen molar-refractivity contribution in [1.82, 2.24) is 24.9 Å². The Bertz CT molecular complexity index is 1110. The van der Waals surface area contributed by atoms with Crippen molar-refractivity contribution in [3.8, 4) is 17.5 Å². The zero-order valence-corrected chi connectivity index (χ0v) is 17.4. The number of methoxy groups -OCH3 is 1. The topological polar surface area (TPSA) is 109 Å². The van der Waals surface area contributed by atoms with E-state index >= 15 is 0 Å². The van der Waals surface area contributed by atoms with Crippen LogP contribution in [0.2, 0.25) is 0 Å². The number of pyridine rings is 1. The standard InChI is InChI=1S/C22H23N7O2/c1-15-7-8-17(27-21-20(31-2)16(13-23)9-10-24-21)14-28(15)22(30)18-5-3-4-6-19(18)29-25-11-12-26-29/h3-6,9-12,15,17H,7-8,14H2,1-2H3,(H,24,27). The van der Waals surface area contributed by atoms with Crippen molar-refractivity contribution in [2.24, 2.45) is 0 Å². The van der Waals surface area contributed by atoms with E-state index in [1.165, 1.54) is 11.9 Å². The van der Waals surface area contributed by atoms with Crippen molar-refractivity contribution in [2.75, 3.05) is 19.0 Å². The minimum absolute atomic E-state index is 0.0227. The van der Waals surface area contributed by atoms with Gasteiger partial charge in [0.25, 0.3) is 5.91 Å². The number of piperidine rings is 1. The van der Waals surface area contributed by atoms with E-state index in [0.29, 0.717) is 34.9 Å². The molecule has 31 heavy (non-hydrogen) atoms. The molecule has 0 radical (unpaired) electrons. The normalized spacial score (nSPS) is 18.3. The lowest BCUT2D eigenvalue weighted by Gasteiger charge is -2.38. The second-order valence-electron chi connectivity index (χ2n) is 7.41. The Morgan fingerprint density at radius 3 is 2.71 bits per heavy atom. The highest BCUT2D eigenvalue weighted by atomic mass is 16.5. The second-order valence-corrected chi connectivity index (χ2v) is 7.41. The number of carbonyl (C=O) groups is 1. The Hall–Kier alpha value is -3.93. The van der Waals surface area contributed by atoms with E-state index in [1.54, 1.807) is 30.7 Å². The molecule has 1 saturated heterocycles. The van der Waals surface area contributed by atoms with Crippen molar-refractivity contribution >= 4 is 11.7 Å². The molecular weight excluding hydrogens is 394 g/mol. The highest BCUT2D eigenvalue weighted by Crippen LogP contribution is 2.29. The van der Waals surface area contributed by atoms with E-state index < -0.39 is 0 Å². The molecule has 3 heterocycles. The van der Waals surface area contributed by atoms with Crippen LogP contribution < -0.4 is 10.1 Å². The molecule has 1 amide bonds. The number of rotatable bonds is 5. The molecule has 2 atom stereocenters. The van der Waals surface area contributed by atoms with Gasteiger partial charge in [0.2, 0.25) is 0 Å². The van der Waals surface area contributed by atoms with E-state index in [-0.39, 0.29) is 18.0 Å². The fraction of sp³-hybridized carbons (Fsp3) is 0.318. The summed E-state index contributed by atoms with van der Waals surface area (Å²) in [6, 6.07) is 11.1. The lowest BCUT2D eigenvalue weighted by atomic mass is 9.97. The van der Waals surface area contributed by atoms with Gasteiger partial charge in [0.1, 0.15) is 6.07 Å². The zero-order valence-electron chi connectivity index (χ0n) is 17.4. The Morgan fingerprint density at radius 1 is 1.19 bits per heavy atom. The third-order valence-corrected chi connectivity index (χ3v) is 5.48. The molecule has 158 valence electrons. The molecule has 1 aliphatic rings. The Labute approximate surface area is 180 Å². The number of nitrogens with one attached hydrogen (secondary N) is 1. The molecule has 9 heteroatoms. The predicted octanol–water partition coefficient (Wildman–Crippen LogP) is 2.65. The Kier molecular flexibility index (Phi) is 5.80. The quantitative estimate of drug-likeness (QED) is 0.680. The van der Waals surface area contributed by atoms with Crippen LogP contribution in [0.5, 0.6) is 5.75 Å². The summed E-state index contributed by atoms with van der Waals surface area (Å²) in [5.41, 5.74) is 1.61. The monoisotopic (exact) mass is 417 g/mol. The molecule has 3 aromatic rings. The van der Waals surface area contributed by atoms with Crippen LogP contribution in [0.25, 0.3) is 5.69 Å². The average Bonchev–Trinajstić information content (AvgIpc) is 3.34. The van der Waals surface area contributed by atoms with Crippen molar-refractivity contribution in [3.63, 3.8) is 0 Å². The number of para-hydroxylation sites is 1. The van der Waals surface area contributed by atoms with E-state index in [4.69, 9.17) is 4.74 Å². The first-order valence-corrected chi connectivity index (χ1v) is 10.1. The molecule has 2 aromatic heterocycles. The van der Waals surface area contributed by atoms with Gasteiger partial charge < -0.3 is 15.0 Å². The van der Waals surface area contributed by atoms with Gasteiger partial charge in [0, 0.05) is 24.8 Å². The van der Waals surface area contributed by atoms with Gasteiger partial charge in [-0.3, -0.25) is 4.79 Å². The minimum atomic E-state index is -0.0717. The number of likely N-dealkylation sites (tertiary alicyclic amines) is 1. The van der Waals surface area contributed by atoms with Gasteiger partial charge in [-0.25, -0.2) is 4.98 Å². The van der Waals surface area contributed by atoms with Gasteiger partial charge in [-0.15, -0.1) is 0 Å². The summed E-state index contributed by atoms with van der Waals surface area (Å²) < 4.78 is 5.39. The van der Waals surface area contributed by atoms with E-state index in [1.807, 2.05) is 23.1 Å². The summed E-state index contributed by atoms with van der Waals surface area (Å²) in [5.74, 6) is 0.851. The molecule has 1 aromatic carbocycles. The number of anilines is 1. The van der Waals surface area contributed by atoms with Crippen LogP contribution in [0, 0.1) is 11.3 Å². The van der Waals surface area contributed by atoms with Crippen LogP contribution in [-0.2, 0) is 0 Å². The van der Waals surface area contributed by atoms with E-state index in [2.05, 4.69) is 33.5 Å². The van der Waals surface area contributed by atoms with Crippen molar-refractivity contribution < 1.29 is 9.53 Å². The molecule has 4 rings (SSSR count). The van der Waals surface area contributed by atoms with Gasteiger partial charge in [-0.05, 0) is 38.0 Å². The maximum Gasteiger partial charge on any atom is 0.256 e. The molecular formula is C22H23N7O2. The van der Waals surface area contributed by atoms with Gasteiger partial charge in [-0.2, -0.15) is 20.3 Å². The SMILES string of the molecule is COc1c(C#N)ccnc1NC1CCC(C)N(C(=O)c2ccccc2-n2nccn2)C1. The third kappa shape index (κ3) is 4.05. The van der Waals surface area contributed by atoms with Crippen LogP contribution >= 0.6 is 0 Å². The number of carbonyl (C=O) groups excluding carboxylic acids is 1. The van der Waals surface area contributed by atoms with E-state index in [9.17, 15) is 10.1 Å². The summed E-state index contributed by atoms with van der Waals surface area (Å²) in [5, 5.41) is 21.0. The number of nitriles is 1. The first-order valence-electron chi connectivity index (χ1n) is 10.1. The first kappa shape index (κ1) is 20.3. The van der Waals surface area contributed by atoms with Crippen LogP contribution in [-0.4, -0.2) is 56.5 Å². The van der Waals surface area contributed by atoms with Crippen molar-refractivity contribution in [2.45, 2.75) is 31.8 Å². The molecule has 0 spiro atoms. The third-order valence-electron chi connectivity index (χ3n) is 5.48. The molecule has 0 aliphatic carbocycles. The van der Waals surface area contributed by atoms with Crippen molar-refractivity contribution in [3.05, 3.63) is 60.0 Å². The molecule has 0 bridgehead atoms. The molecule has 1 fully saturated rings. The second kappa shape index (κ2) is 8.83. The van der Waals surface area contributed by atoms with Crippen LogP contribution in [0.1, 0.15) is 35.7 Å². The molecule has 1 N–H and O–H groups in total. The average molecular weight is 417 g/mol. The minimum Gasteiger partial charge on any atom is -0.492 e. The summed E-state index contributed by atoms with van der Waals surface area (Å²) in [6.07, 6.45) is 6.45. The molecule has 9 nitrogen and oxygen atoms in total. The number of amides is 1. The largest absolute Gasteiger partial charge is 0.492 e. The zero-order chi connectivity index (χ0) is 21.8. The smallest absolute Gasteiger partial charge is 0.256 e. The lowest BCUT2D eigenvalue weighted by Crippen LogP contribution is -2.50. The summed E-state index contributed by atoms with van der Waals surface area (Å²) in [4.78, 5) is 21.2.